The first kappa shape index (κ1) is 14.1. The first-order valence-electron chi connectivity index (χ1n) is 6.80. The maximum Gasteiger partial charge on any atom is 0.262 e. The molecule has 112 valence electrons. The number of pyridine rings is 1. The van der Waals surface area contributed by atoms with Crippen LogP contribution in [-0.2, 0) is 0 Å². The lowest BCUT2D eigenvalue weighted by atomic mass is 10.0. The number of aromatic nitrogens is 1. The highest BCUT2D eigenvalue weighted by molar-refractivity contribution is 6.23. The highest BCUT2D eigenvalue weighted by atomic mass is 16.2. The number of nitrogen functional groups attached to an aromatic ring is 1. The summed E-state index contributed by atoms with van der Waals surface area (Å²) in [5.41, 5.74) is 9.16. The van der Waals surface area contributed by atoms with Gasteiger partial charge in [0.1, 0.15) is 5.82 Å². The monoisotopic (exact) mass is 297 g/mol. The Morgan fingerprint density at radius 3 is 2.14 bits per heavy atom. The van der Waals surface area contributed by atoms with E-state index in [1.54, 1.807) is 0 Å². The molecule has 1 aliphatic heterocycles. The molecule has 0 spiro atoms. The van der Waals surface area contributed by atoms with E-state index in [4.69, 9.17) is 5.73 Å². The van der Waals surface area contributed by atoms with E-state index in [1.165, 1.54) is 4.57 Å². The number of hydrogen-bond acceptors (Lipinski definition) is 4. The molecule has 6 heteroatoms. The van der Waals surface area contributed by atoms with Crippen LogP contribution in [0.15, 0.2) is 23.0 Å². The van der Waals surface area contributed by atoms with Crippen LogP contribution in [0.4, 0.5) is 5.82 Å². The maximum absolute atomic E-state index is 12.4. The largest absolute Gasteiger partial charge is 0.384 e. The lowest BCUT2D eigenvalue weighted by molar-refractivity contribution is 0.0880. The predicted octanol–water partition coefficient (Wildman–Crippen LogP) is 1.23. The number of anilines is 1. The minimum absolute atomic E-state index is 0.0131. The molecule has 0 unspecified atom stereocenters. The zero-order chi connectivity index (χ0) is 16.2. The molecule has 22 heavy (non-hydrogen) atoms. The molecule has 3 N–H and O–H groups in total. The summed E-state index contributed by atoms with van der Waals surface area (Å²) < 4.78 is 1.29. The van der Waals surface area contributed by atoms with Crippen molar-refractivity contribution in [1.29, 1.82) is 0 Å². The van der Waals surface area contributed by atoms with Crippen LogP contribution < -0.4 is 16.6 Å². The third kappa shape index (κ3) is 1.84. The van der Waals surface area contributed by atoms with Gasteiger partial charge in [0.25, 0.3) is 17.4 Å². The molecule has 2 aromatic rings. The van der Waals surface area contributed by atoms with E-state index >= 15 is 0 Å². The van der Waals surface area contributed by atoms with Crippen molar-refractivity contribution < 1.29 is 9.59 Å². The number of aryl methyl sites for hydroxylation is 3. The third-order valence-corrected chi connectivity index (χ3v) is 3.81. The van der Waals surface area contributed by atoms with Gasteiger partial charge in [-0.15, -0.1) is 0 Å². The maximum atomic E-state index is 12.4. The quantitative estimate of drug-likeness (QED) is 0.774. The average molecular weight is 297 g/mol. The molecule has 6 nitrogen and oxygen atoms in total. The third-order valence-electron chi connectivity index (χ3n) is 3.81. The number of nitrogens with zero attached hydrogens (tertiary/aromatic N) is 1. The Balaban J connectivity index is 2.40. The number of amides is 2. The van der Waals surface area contributed by atoms with Crippen LogP contribution in [0.3, 0.4) is 0 Å². The molecule has 0 bridgehead atoms. The highest BCUT2D eigenvalue weighted by Gasteiger charge is 2.32. The first-order valence-corrected chi connectivity index (χ1v) is 6.80. The Morgan fingerprint density at radius 1 is 0.955 bits per heavy atom. The van der Waals surface area contributed by atoms with E-state index < -0.39 is 17.4 Å². The normalized spacial score (nSPS) is 13.2. The van der Waals surface area contributed by atoms with Crippen LogP contribution >= 0.6 is 0 Å². The second-order valence-corrected chi connectivity index (χ2v) is 5.52. The van der Waals surface area contributed by atoms with Crippen LogP contribution in [0, 0.1) is 20.8 Å². The van der Waals surface area contributed by atoms with Crippen molar-refractivity contribution in [2.45, 2.75) is 20.8 Å². The summed E-state index contributed by atoms with van der Waals surface area (Å²) in [4.78, 5) is 36.0. The molecule has 2 heterocycles. The molecule has 0 atom stereocenters. The Labute approximate surface area is 126 Å². The van der Waals surface area contributed by atoms with Crippen LogP contribution in [0.25, 0.3) is 5.69 Å². The smallest absolute Gasteiger partial charge is 0.262 e. The number of fused-ring (bicyclic) bond motifs is 1. The van der Waals surface area contributed by atoms with Gasteiger partial charge in [-0.3, -0.25) is 24.3 Å². The molecular formula is C16H15N3O3. The number of rotatable bonds is 1. The predicted molar refractivity (Wildman–Crippen MR) is 82.5 cm³/mol. The summed E-state index contributed by atoms with van der Waals surface area (Å²) in [6, 6.07) is 5.03. The van der Waals surface area contributed by atoms with Gasteiger partial charge in [0.15, 0.2) is 0 Å². The molecule has 0 fully saturated rings. The molecule has 0 saturated heterocycles. The Hall–Kier alpha value is -2.89. The van der Waals surface area contributed by atoms with Crippen molar-refractivity contribution in [3.63, 3.8) is 0 Å². The Bertz CT molecular complexity index is 887. The standard InChI is InChI=1S/C16H15N3O3/c1-7-4-8(2)13(9(3)5-7)19-11(20)6-10-12(14(19)17)16(22)18-15(10)21/h4-6H,17H2,1-3H3,(H,18,21,22). The van der Waals surface area contributed by atoms with Gasteiger partial charge in [-0.05, 0) is 31.9 Å². The topological polar surface area (TPSA) is 94.2 Å². The van der Waals surface area contributed by atoms with Crippen LogP contribution in [0.2, 0.25) is 0 Å². The SMILES string of the molecule is Cc1cc(C)c(-n2c(N)c3c(cc2=O)C(=O)NC3=O)c(C)c1. The fraction of sp³-hybridized carbons (Fsp3) is 0.188. The summed E-state index contributed by atoms with van der Waals surface area (Å²) in [5.74, 6) is -1.18. The molecular weight excluding hydrogens is 282 g/mol. The van der Waals surface area contributed by atoms with Crippen molar-refractivity contribution in [1.82, 2.24) is 9.88 Å². The number of hydrogen-bond donors (Lipinski definition) is 2. The zero-order valence-corrected chi connectivity index (χ0v) is 12.5. The minimum atomic E-state index is -0.590. The van der Waals surface area contributed by atoms with E-state index in [0.29, 0.717) is 5.69 Å². The lowest BCUT2D eigenvalue weighted by Gasteiger charge is -2.17. The molecule has 2 amide bonds. The second kappa shape index (κ2) is 4.56. The van der Waals surface area contributed by atoms with Gasteiger partial charge in [-0.2, -0.15) is 0 Å². The summed E-state index contributed by atoms with van der Waals surface area (Å²) in [6.07, 6.45) is 0. The zero-order valence-electron chi connectivity index (χ0n) is 12.5. The van der Waals surface area contributed by atoms with Gasteiger partial charge in [-0.1, -0.05) is 17.7 Å². The van der Waals surface area contributed by atoms with E-state index in [9.17, 15) is 14.4 Å². The number of nitrogens with one attached hydrogen (secondary N) is 1. The fourth-order valence-corrected chi connectivity index (χ4v) is 3.04. The molecule has 1 aliphatic rings. The fourth-order valence-electron chi connectivity index (χ4n) is 3.04. The van der Waals surface area contributed by atoms with Gasteiger partial charge in [0.2, 0.25) is 0 Å². The first-order chi connectivity index (χ1) is 10.3. The number of benzene rings is 1. The van der Waals surface area contributed by atoms with E-state index in [1.807, 2.05) is 32.9 Å². The number of imide groups is 1. The Kier molecular flexibility index (Phi) is 2.91. The molecule has 0 saturated carbocycles. The van der Waals surface area contributed by atoms with Gasteiger partial charge in [0.05, 0.1) is 16.8 Å². The summed E-state index contributed by atoms with van der Waals surface area (Å²) in [7, 11) is 0. The van der Waals surface area contributed by atoms with Gasteiger partial charge >= 0.3 is 0 Å². The van der Waals surface area contributed by atoms with Crippen LogP contribution in [0.5, 0.6) is 0 Å². The molecule has 0 radical (unpaired) electrons. The summed E-state index contributed by atoms with van der Waals surface area (Å²) >= 11 is 0. The minimum Gasteiger partial charge on any atom is -0.384 e. The lowest BCUT2D eigenvalue weighted by Crippen LogP contribution is -2.25. The summed E-state index contributed by atoms with van der Waals surface area (Å²) in [6.45, 7) is 5.71. The van der Waals surface area contributed by atoms with Crippen molar-refractivity contribution in [3.05, 3.63) is 56.4 Å². The van der Waals surface area contributed by atoms with Gasteiger partial charge < -0.3 is 5.73 Å². The molecule has 1 aromatic carbocycles. The van der Waals surface area contributed by atoms with Gasteiger partial charge in [-0.25, -0.2) is 0 Å². The highest BCUT2D eigenvalue weighted by Crippen LogP contribution is 2.26. The van der Waals surface area contributed by atoms with Gasteiger partial charge in [0, 0.05) is 6.07 Å². The van der Waals surface area contributed by atoms with Crippen molar-refractivity contribution in [2.75, 3.05) is 5.73 Å². The molecule has 0 aliphatic carbocycles. The number of carbonyl (C=O) groups excluding carboxylic acids is 2. The van der Waals surface area contributed by atoms with E-state index in [-0.39, 0.29) is 16.9 Å². The van der Waals surface area contributed by atoms with Crippen molar-refractivity contribution in [2.24, 2.45) is 0 Å². The average Bonchev–Trinajstić information content (AvgIpc) is 2.67. The number of nitrogens with two attached hydrogens (primary N) is 1. The van der Waals surface area contributed by atoms with E-state index in [0.717, 1.165) is 22.8 Å². The van der Waals surface area contributed by atoms with Crippen LogP contribution in [0.1, 0.15) is 37.4 Å². The van der Waals surface area contributed by atoms with Crippen molar-refractivity contribution >= 4 is 17.6 Å². The van der Waals surface area contributed by atoms with Crippen molar-refractivity contribution in [3.8, 4) is 5.69 Å². The molecule has 1 aromatic heterocycles. The van der Waals surface area contributed by atoms with Crippen LogP contribution in [-0.4, -0.2) is 16.4 Å². The number of carbonyl (C=O) groups is 2. The molecule has 3 rings (SSSR count). The Morgan fingerprint density at radius 2 is 1.55 bits per heavy atom. The summed E-state index contributed by atoms with van der Waals surface area (Å²) in [5, 5.41) is 2.16. The van der Waals surface area contributed by atoms with E-state index in [2.05, 4.69) is 5.32 Å². The second-order valence-electron chi connectivity index (χ2n) is 5.52.